The summed E-state index contributed by atoms with van der Waals surface area (Å²) in [6, 6.07) is 0. The molecule has 1 N–H and O–H groups in total. The highest BCUT2D eigenvalue weighted by Crippen LogP contribution is 2.18. The summed E-state index contributed by atoms with van der Waals surface area (Å²) in [5.41, 5.74) is 0. The van der Waals surface area contributed by atoms with E-state index in [2.05, 4.69) is 13.8 Å². The maximum atomic E-state index is 12.5. The van der Waals surface area contributed by atoms with Gasteiger partial charge in [0.05, 0.1) is 0 Å². The number of unbranched alkanes of at least 4 members (excludes halogenated alkanes) is 24. The highest BCUT2D eigenvalue weighted by atomic mass is 16.5. The van der Waals surface area contributed by atoms with E-state index < -0.39 is 5.97 Å². The lowest BCUT2D eigenvalue weighted by molar-refractivity contribution is -0.150. The van der Waals surface area contributed by atoms with Crippen LogP contribution in [0.1, 0.15) is 213 Å². The lowest BCUT2D eigenvalue weighted by Gasteiger charge is -2.18. The Kier molecular flexibility index (Phi) is 31.6. The lowest BCUT2D eigenvalue weighted by atomic mass is 10.0. The predicted octanol–water partition coefficient (Wildman–Crippen LogP) is 12.1. The summed E-state index contributed by atoms with van der Waals surface area (Å²) in [6.07, 6.45) is 37.2. The average molecular weight is 567 g/mol. The number of carboxylic acids is 1. The Balaban J connectivity index is 3.71. The van der Waals surface area contributed by atoms with E-state index in [-0.39, 0.29) is 12.1 Å². The van der Waals surface area contributed by atoms with Gasteiger partial charge in [0.15, 0.2) is 0 Å². The lowest BCUT2D eigenvalue weighted by Crippen LogP contribution is -2.18. The van der Waals surface area contributed by atoms with E-state index >= 15 is 0 Å². The number of carbonyl (C=O) groups excluding carboxylic acids is 1. The SMILES string of the molecule is CCCCCCCCCCCCCCCC(=O)OC(CCCCC)CCCCCCCCCCCCCC(=O)O. The van der Waals surface area contributed by atoms with Gasteiger partial charge in [-0.15, -0.1) is 0 Å². The third-order valence-corrected chi connectivity index (χ3v) is 8.33. The minimum atomic E-state index is -0.671. The fraction of sp³-hybridized carbons (Fsp3) is 0.944. The Morgan fingerprint density at radius 3 is 1.15 bits per heavy atom. The molecular weight excluding hydrogens is 496 g/mol. The number of esters is 1. The Morgan fingerprint density at radius 1 is 0.450 bits per heavy atom. The molecule has 0 amide bonds. The maximum absolute atomic E-state index is 12.5. The second kappa shape index (κ2) is 32.5. The molecular formula is C36H70O4. The first kappa shape index (κ1) is 38.9. The molecule has 40 heavy (non-hydrogen) atoms. The minimum Gasteiger partial charge on any atom is -0.481 e. The van der Waals surface area contributed by atoms with Gasteiger partial charge in [-0.1, -0.05) is 162 Å². The van der Waals surface area contributed by atoms with E-state index in [1.807, 2.05) is 0 Å². The monoisotopic (exact) mass is 567 g/mol. The van der Waals surface area contributed by atoms with E-state index in [1.165, 1.54) is 148 Å². The molecule has 4 heteroatoms. The number of ether oxygens (including phenoxy) is 1. The number of carboxylic acid groups (broad SMARTS) is 1. The van der Waals surface area contributed by atoms with Gasteiger partial charge in [-0.05, 0) is 38.5 Å². The van der Waals surface area contributed by atoms with Crippen LogP contribution in [-0.4, -0.2) is 23.1 Å². The largest absolute Gasteiger partial charge is 0.481 e. The van der Waals surface area contributed by atoms with Crippen molar-refractivity contribution in [1.29, 1.82) is 0 Å². The van der Waals surface area contributed by atoms with Crippen molar-refractivity contribution in [3.8, 4) is 0 Å². The van der Waals surface area contributed by atoms with Gasteiger partial charge in [-0.2, -0.15) is 0 Å². The predicted molar refractivity (Wildman–Crippen MR) is 172 cm³/mol. The molecule has 0 radical (unpaired) electrons. The molecule has 0 aliphatic carbocycles. The Hall–Kier alpha value is -1.06. The standard InChI is InChI=1S/C36H70O4/c1-3-5-7-8-9-10-11-12-16-19-22-25-29-33-36(39)40-34(30-26-6-4-2)31-27-23-20-17-14-13-15-18-21-24-28-32-35(37)38/h34H,3-33H2,1-2H3,(H,37,38). The molecule has 1 atom stereocenters. The molecule has 0 aromatic rings. The van der Waals surface area contributed by atoms with Crippen molar-refractivity contribution in [2.75, 3.05) is 0 Å². The van der Waals surface area contributed by atoms with E-state index in [0.29, 0.717) is 12.8 Å². The van der Waals surface area contributed by atoms with Gasteiger partial charge in [0, 0.05) is 12.8 Å². The summed E-state index contributed by atoms with van der Waals surface area (Å²) < 4.78 is 5.95. The van der Waals surface area contributed by atoms with Crippen molar-refractivity contribution < 1.29 is 19.4 Å². The maximum Gasteiger partial charge on any atom is 0.306 e. The number of hydrogen-bond donors (Lipinski definition) is 1. The summed E-state index contributed by atoms with van der Waals surface area (Å²) in [5.74, 6) is -0.636. The second-order valence-electron chi connectivity index (χ2n) is 12.4. The minimum absolute atomic E-state index is 0.0348. The zero-order valence-corrected chi connectivity index (χ0v) is 27.2. The quantitative estimate of drug-likeness (QED) is 0.0633. The topological polar surface area (TPSA) is 63.6 Å². The van der Waals surface area contributed by atoms with Crippen LogP contribution in [0.25, 0.3) is 0 Å². The highest BCUT2D eigenvalue weighted by Gasteiger charge is 2.14. The van der Waals surface area contributed by atoms with Gasteiger partial charge in [0.2, 0.25) is 0 Å². The molecule has 0 bridgehead atoms. The van der Waals surface area contributed by atoms with Crippen molar-refractivity contribution in [1.82, 2.24) is 0 Å². The summed E-state index contributed by atoms with van der Waals surface area (Å²) in [5, 5.41) is 8.67. The normalized spacial score (nSPS) is 12.1. The van der Waals surface area contributed by atoms with Crippen LogP contribution in [0.2, 0.25) is 0 Å². The van der Waals surface area contributed by atoms with Gasteiger partial charge in [-0.25, -0.2) is 0 Å². The third-order valence-electron chi connectivity index (χ3n) is 8.33. The Morgan fingerprint density at radius 2 is 0.750 bits per heavy atom. The molecule has 0 spiro atoms. The van der Waals surface area contributed by atoms with Crippen molar-refractivity contribution in [2.45, 2.75) is 219 Å². The van der Waals surface area contributed by atoms with Crippen LogP contribution in [0.5, 0.6) is 0 Å². The molecule has 0 aromatic heterocycles. The van der Waals surface area contributed by atoms with Crippen LogP contribution < -0.4 is 0 Å². The fourth-order valence-corrected chi connectivity index (χ4v) is 5.66. The van der Waals surface area contributed by atoms with Crippen LogP contribution in [-0.2, 0) is 14.3 Å². The smallest absolute Gasteiger partial charge is 0.306 e. The van der Waals surface area contributed by atoms with Gasteiger partial charge in [0.1, 0.15) is 6.10 Å². The first-order valence-electron chi connectivity index (χ1n) is 18.0. The Labute approximate surface area is 250 Å². The molecule has 0 saturated heterocycles. The fourth-order valence-electron chi connectivity index (χ4n) is 5.66. The summed E-state index contributed by atoms with van der Waals surface area (Å²) in [4.78, 5) is 23.0. The Bertz CT molecular complexity index is 533. The number of carbonyl (C=O) groups is 2. The molecule has 238 valence electrons. The summed E-state index contributed by atoms with van der Waals surface area (Å²) in [7, 11) is 0. The van der Waals surface area contributed by atoms with Crippen molar-refractivity contribution >= 4 is 11.9 Å². The van der Waals surface area contributed by atoms with E-state index in [0.717, 1.165) is 38.5 Å². The first-order valence-corrected chi connectivity index (χ1v) is 18.0. The zero-order chi connectivity index (χ0) is 29.4. The van der Waals surface area contributed by atoms with Gasteiger partial charge in [-0.3, -0.25) is 9.59 Å². The molecule has 0 rings (SSSR count). The molecule has 0 saturated carbocycles. The number of rotatable bonds is 33. The number of aliphatic carboxylic acids is 1. The van der Waals surface area contributed by atoms with E-state index in [4.69, 9.17) is 9.84 Å². The third kappa shape index (κ3) is 31.5. The van der Waals surface area contributed by atoms with Gasteiger partial charge < -0.3 is 9.84 Å². The summed E-state index contributed by atoms with van der Waals surface area (Å²) in [6.45, 7) is 4.51. The van der Waals surface area contributed by atoms with Crippen LogP contribution in [0, 0.1) is 0 Å². The first-order chi connectivity index (χ1) is 19.6. The van der Waals surface area contributed by atoms with Gasteiger partial charge in [0.25, 0.3) is 0 Å². The average Bonchev–Trinajstić information content (AvgIpc) is 2.93. The van der Waals surface area contributed by atoms with Crippen LogP contribution >= 0.6 is 0 Å². The van der Waals surface area contributed by atoms with Crippen molar-refractivity contribution in [2.24, 2.45) is 0 Å². The second-order valence-corrected chi connectivity index (χ2v) is 12.4. The molecule has 0 aliphatic rings. The molecule has 0 fully saturated rings. The number of hydrogen-bond acceptors (Lipinski definition) is 3. The highest BCUT2D eigenvalue weighted by molar-refractivity contribution is 5.69. The summed E-state index contributed by atoms with van der Waals surface area (Å²) >= 11 is 0. The zero-order valence-electron chi connectivity index (χ0n) is 27.2. The van der Waals surface area contributed by atoms with E-state index in [1.54, 1.807) is 0 Å². The molecule has 0 aromatic carbocycles. The molecule has 0 heterocycles. The molecule has 1 unspecified atom stereocenters. The van der Waals surface area contributed by atoms with Gasteiger partial charge >= 0.3 is 11.9 Å². The van der Waals surface area contributed by atoms with E-state index in [9.17, 15) is 9.59 Å². The molecule has 0 aliphatic heterocycles. The van der Waals surface area contributed by atoms with Crippen molar-refractivity contribution in [3.63, 3.8) is 0 Å². The van der Waals surface area contributed by atoms with Crippen LogP contribution in [0.3, 0.4) is 0 Å². The molecule has 4 nitrogen and oxygen atoms in total. The van der Waals surface area contributed by atoms with Crippen LogP contribution in [0.15, 0.2) is 0 Å². The van der Waals surface area contributed by atoms with Crippen LogP contribution in [0.4, 0.5) is 0 Å². The van der Waals surface area contributed by atoms with Crippen molar-refractivity contribution in [3.05, 3.63) is 0 Å².